The van der Waals surface area contributed by atoms with Gasteiger partial charge in [-0.15, -0.1) is 0 Å². The van der Waals surface area contributed by atoms with E-state index < -0.39 is 18.4 Å². The molecule has 0 radical (unpaired) electrons. The minimum absolute atomic E-state index is 0.175. The molecule has 0 spiro atoms. The highest BCUT2D eigenvalue weighted by Gasteiger charge is 2.40. The Balaban J connectivity index is 4.35. The average Bonchev–Trinajstić information content (AvgIpc) is 2.89. The second-order valence-corrected chi connectivity index (χ2v) is 15.1. The van der Waals surface area contributed by atoms with E-state index in [1.807, 2.05) is 21.1 Å². The molecule has 0 aliphatic heterocycles. The van der Waals surface area contributed by atoms with Crippen LogP contribution in [0, 0.1) is 0 Å². The summed E-state index contributed by atoms with van der Waals surface area (Å²) in [5.74, 6) is 0. The van der Waals surface area contributed by atoms with Crippen LogP contribution in [0.5, 0.6) is 0 Å². The second kappa shape index (κ2) is 25.2. The number of hydrogen-bond donors (Lipinski definition) is 0. The number of unbranched alkanes of at least 4 members (excludes halogenated alkanes) is 20. The quantitative estimate of drug-likeness (QED) is 0.0488. The molecule has 0 aliphatic rings. The van der Waals surface area contributed by atoms with Crippen molar-refractivity contribution in [2.24, 2.45) is 0 Å². The van der Waals surface area contributed by atoms with E-state index in [1.54, 1.807) is 0 Å². The van der Waals surface area contributed by atoms with E-state index in [-0.39, 0.29) is 19.4 Å². The predicted molar refractivity (Wildman–Crippen MR) is 169 cm³/mol. The molecule has 0 bridgehead atoms. The summed E-state index contributed by atoms with van der Waals surface area (Å²) in [6.07, 6.45) is 26.7. The van der Waals surface area contributed by atoms with Gasteiger partial charge in [-0.05, 0) is 12.8 Å². The van der Waals surface area contributed by atoms with E-state index in [2.05, 4.69) is 13.8 Å². The molecule has 0 amide bonds. The van der Waals surface area contributed by atoms with Crippen molar-refractivity contribution in [1.82, 2.24) is 0 Å². The number of carbonyl (C=O) groups is 2. The predicted octanol–water partition coefficient (Wildman–Crippen LogP) is 10.4. The molecule has 0 aromatic rings. The van der Waals surface area contributed by atoms with Crippen molar-refractivity contribution in [3.8, 4) is 0 Å². The third-order valence-corrected chi connectivity index (χ3v) is 9.99. The Morgan fingerprint density at radius 2 is 0.795 bits per heavy atom. The van der Waals surface area contributed by atoms with Crippen LogP contribution < -0.4 is 0 Å². The van der Waals surface area contributed by atoms with Gasteiger partial charge in [0.1, 0.15) is 13.2 Å². The lowest BCUT2D eigenvalue weighted by Gasteiger charge is -2.25. The number of likely N-dealkylation sites (N-methyl/N-ethyl adjacent to an activating group) is 1. The van der Waals surface area contributed by atoms with Gasteiger partial charge in [-0.1, -0.05) is 142 Å². The smallest absolute Gasteiger partial charge is 0.329 e. The first-order valence-corrected chi connectivity index (χ1v) is 18.4. The minimum Gasteiger partial charge on any atom is -0.329 e. The lowest BCUT2D eigenvalue weighted by atomic mass is 10.1. The Morgan fingerprint density at radius 1 is 0.513 bits per heavy atom. The molecular formula is C33H67NO4P+. The molecule has 0 aliphatic carbocycles. The Hall–Kier alpha value is -0.510. The number of hydrogen-bond acceptors (Lipinski definition) is 4. The largest absolute Gasteiger partial charge is 0.330 e. The third-order valence-electron chi connectivity index (χ3n) is 7.68. The maximum absolute atomic E-state index is 13.6. The highest BCUT2D eigenvalue weighted by atomic mass is 31.2. The van der Waals surface area contributed by atoms with Gasteiger partial charge in [0.25, 0.3) is 0 Å². The summed E-state index contributed by atoms with van der Waals surface area (Å²) in [5, 5.41) is 0. The van der Waals surface area contributed by atoms with Crippen LogP contribution >= 0.6 is 7.37 Å². The molecule has 0 unspecified atom stereocenters. The van der Waals surface area contributed by atoms with Crippen molar-refractivity contribution < 1.29 is 23.2 Å². The normalized spacial score (nSPS) is 12.2. The minimum atomic E-state index is -3.94. The van der Waals surface area contributed by atoms with Crippen molar-refractivity contribution in [2.75, 3.05) is 34.3 Å². The summed E-state index contributed by atoms with van der Waals surface area (Å²) in [6.45, 7) is 5.28. The van der Waals surface area contributed by atoms with Crippen molar-refractivity contribution in [3.05, 3.63) is 0 Å². The van der Waals surface area contributed by atoms with Crippen LogP contribution in [0.15, 0.2) is 0 Å². The van der Waals surface area contributed by atoms with Gasteiger partial charge < -0.3 is 9.01 Å². The van der Waals surface area contributed by atoms with Gasteiger partial charge >= 0.3 is 7.37 Å². The van der Waals surface area contributed by atoms with Crippen LogP contribution in [0.25, 0.3) is 0 Å². The number of quaternary nitrogens is 1. The summed E-state index contributed by atoms with van der Waals surface area (Å²) in [5.41, 5.74) is -0.902. The third kappa shape index (κ3) is 22.8. The monoisotopic (exact) mass is 572 g/mol. The fourth-order valence-electron chi connectivity index (χ4n) is 4.90. The number of nitrogens with zero attached hydrogens (tertiary/aromatic N) is 1. The van der Waals surface area contributed by atoms with E-state index in [0.717, 1.165) is 25.7 Å². The lowest BCUT2D eigenvalue weighted by molar-refractivity contribution is -0.870. The molecule has 0 saturated carbocycles. The Morgan fingerprint density at radius 3 is 1.08 bits per heavy atom. The Labute approximate surface area is 243 Å². The van der Waals surface area contributed by atoms with E-state index in [9.17, 15) is 14.2 Å². The first-order chi connectivity index (χ1) is 18.7. The second-order valence-electron chi connectivity index (χ2n) is 12.8. The van der Waals surface area contributed by atoms with Gasteiger partial charge in [0.2, 0.25) is 11.0 Å². The number of carbonyl (C=O) groups excluding carboxylic acids is 2. The molecule has 0 aromatic carbocycles. The molecule has 0 saturated heterocycles. The molecule has 5 nitrogen and oxygen atoms in total. The van der Waals surface area contributed by atoms with Crippen molar-refractivity contribution in [2.45, 2.75) is 168 Å². The van der Waals surface area contributed by atoms with Crippen molar-refractivity contribution >= 4 is 18.4 Å². The first-order valence-electron chi connectivity index (χ1n) is 16.8. The molecular weight excluding hydrogens is 505 g/mol. The maximum atomic E-state index is 13.6. The Bertz CT molecular complexity index is 602. The highest BCUT2D eigenvalue weighted by molar-refractivity contribution is 7.90. The summed E-state index contributed by atoms with van der Waals surface area (Å²) in [6, 6.07) is 0. The van der Waals surface area contributed by atoms with E-state index in [1.165, 1.54) is 103 Å². The van der Waals surface area contributed by atoms with Crippen LogP contribution in [-0.4, -0.2) is 49.8 Å². The molecule has 232 valence electrons. The molecule has 0 heterocycles. The topological polar surface area (TPSA) is 60.4 Å². The zero-order valence-electron chi connectivity index (χ0n) is 26.9. The fraction of sp³-hybridized carbons (Fsp3) is 0.939. The van der Waals surface area contributed by atoms with Gasteiger partial charge in [-0.3, -0.25) is 14.2 Å². The molecule has 39 heavy (non-hydrogen) atoms. The highest BCUT2D eigenvalue weighted by Crippen LogP contribution is 2.51. The molecule has 0 rings (SSSR count). The zero-order chi connectivity index (χ0) is 29.2. The van der Waals surface area contributed by atoms with Crippen LogP contribution in [-0.2, 0) is 18.7 Å². The zero-order valence-corrected chi connectivity index (χ0v) is 27.8. The fourth-order valence-corrected chi connectivity index (χ4v) is 6.71. The molecule has 6 heteroatoms. The van der Waals surface area contributed by atoms with Gasteiger partial charge in [-0.2, -0.15) is 0 Å². The molecule has 0 fully saturated rings. The van der Waals surface area contributed by atoms with Gasteiger partial charge in [0, 0.05) is 12.8 Å². The van der Waals surface area contributed by atoms with Crippen molar-refractivity contribution in [1.29, 1.82) is 0 Å². The standard InChI is InChI=1S/C33H67NO4P/c1-6-8-10-12-14-16-18-20-22-24-26-28-32(35)39(37,38-31-30-34(3,4)5)33(36)29-27-25-23-21-19-17-15-13-11-9-7-2/h6-31H2,1-5H3/q+1. The summed E-state index contributed by atoms with van der Waals surface area (Å²) in [7, 11) is 2.13. The summed E-state index contributed by atoms with van der Waals surface area (Å²) < 4.78 is 19.9. The molecule has 0 N–H and O–H groups in total. The summed E-state index contributed by atoms with van der Waals surface area (Å²) in [4.78, 5) is 26.0. The molecule has 0 atom stereocenters. The SMILES string of the molecule is CCCCCCCCCCCCCC(=O)P(=O)(OCC[N+](C)(C)C)C(=O)CCCCCCCCCCCCC. The van der Waals surface area contributed by atoms with Crippen LogP contribution in [0.4, 0.5) is 0 Å². The van der Waals surface area contributed by atoms with Crippen LogP contribution in [0.2, 0.25) is 0 Å². The first kappa shape index (κ1) is 38.5. The van der Waals surface area contributed by atoms with E-state index >= 15 is 0 Å². The Kier molecular flexibility index (Phi) is 24.9. The van der Waals surface area contributed by atoms with Crippen LogP contribution in [0.1, 0.15) is 168 Å². The lowest BCUT2D eigenvalue weighted by Crippen LogP contribution is -2.37. The van der Waals surface area contributed by atoms with E-state index in [4.69, 9.17) is 4.52 Å². The van der Waals surface area contributed by atoms with Crippen LogP contribution in [0.3, 0.4) is 0 Å². The number of rotatable bonds is 30. The van der Waals surface area contributed by atoms with E-state index in [0.29, 0.717) is 23.9 Å². The van der Waals surface area contributed by atoms with Crippen molar-refractivity contribution in [3.63, 3.8) is 0 Å². The summed E-state index contributed by atoms with van der Waals surface area (Å²) >= 11 is 0. The molecule has 0 aromatic heterocycles. The van der Waals surface area contributed by atoms with Gasteiger partial charge in [0.15, 0.2) is 0 Å². The maximum Gasteiger partial charge on any atom is 0.330 e. The average molecular weight is 573 g/mol. The van der Waals surface area contributed by atoms with Gasteiger partial charge in [-0.25, -0.2) is 0 Å². The van der Waals surface area contributed by atoms with Gasteiger partial charge in [0.05, 0.1) is 21.1 Å².